The molecule has 4 nitrogen and oxygen atoms in total. The molecule has 1 heterocycles. The third-order valence-corrected chi connectivity index (χ3v) is 5.01. The van der Waals surface area contributed by atoms with Crippen LogP contribution in [0.1, 0.15) is 19.4 Å². The fourth-order valence-corrected chi connectivity index (χ4v) is 3.67. The van der Waals surface area contributed by atoms with Crippen molar-refractivity contribution >= 4 is 11.4 Å². The fraction of sp³-hybridized carbons (Fsp3) is 0.280. The van der Waals surface area contributed by atoms with E-state index in [1.165, 1.54) is 5.56 Å². The summed E-state index contributed by atoms with van der Waals surface area (Å²) in [6.45, 7) is 6.19. The van der Waals surface area contributed by atoms with E-state index in [-0.39, 0.29) is 6.10 Å². The van der Waals surface area contributed by atoms with Gasteiger partial charge in [-0.3, -0.25) is 0 Å². The molecule has 4 heteroatoms. The van der Waals surface area contributed by atoms with Crippen molar-refractivity contribution in [2.24, 2.45) is 0 Å². The van der Waals surface area contributed by atoms with Crippen molar-refractivity contribution in [2.75, 3.05) is 24.7 Å². The van der Waals surface area contributed by atoms with Gasteiger partial charge in [-0.05, 0) is 62.2 Å². The summed E-state index contributed by atoms with van der Waals surface area (Å²) in [7, 11) is 0. The normalized spacial score (nSPS) is 13.2. The number of ether oxygens (including phenoxy) is 3. The maximum atomic E-state index is 6.04. The second kappa shape index (κ2) is 9.01. The first-order chi connectivity index (χ1) is 14.2. The lowest BCUT2D eigenvalue weighted by Crippen LogP contribution is -2.26. The van der Waals surface area contributed by atoms with Gasteiger partial charge in [-0.15, -0.1) is 0 Å². The zero-order chi connectivity index (χ0) is 20.1. The van der Waals surface area contributed by atoms with Gasteiger partial charge in [-0.1, -0.05) is 36.4 Å². The molecule has 1 aliphatic rings. The molecule has 1 atom stereocenters. The first-order valence-electron chi connectivity index (χ1n) is 10.2. The third kappa shape index (κ3) is 4.54. The maximum Gasteiger partial charge on any atom is 0.151 e. The van der Waals surface area contributed by atoms with E-state index < -0.39 is 0 Å². The van der Waals surface area contributed by atoms with Gasteiger partial charge in [0.25, 0.3) is 0 Å². The van der Waals surface area contributed by atoms with Crippen molar-refractivity contribution < 1.29 is 14.2 Å². The minimum Gasteiger partial charge on any atom is -0.492 e. The minimum absolute atomic E-state index is 0.230. The van der Waals surface area contributed by atoms with Gasteiger partial charge in [0.1, 0.15) is 12.4 Å². The predicted molar refractivity (Wildman–Crippen MR) is 117 cm³/mol. The van der Waals surface area contributed by atoms with Gasteiger partial charge < -0.3 is 19.1 Å². The molecule has 4 rings (SSSR count). The molecule has 0 N–H and O–H groups in total. The van der Waals surface area contributed by atoms with Crippen LogP contribution in [0.3, 0.4) is 0 Å². The quantitative estimate of drug-likeness (QED) is 0.474. The number of nitrogens with zero attached hydrogens (tertiary/aromatic N) is 1. The molecular formula is C25H27NO3. The Labute approximate surface area is 172 Å². The molecule has 0 spiro atoms. The standard InChI is InChI=1S/C25H27NO3/c1-3-27-19(2)18-20-12-14-21(15-13-20)28-17-16-26-22-8-4-6-10-24(22)29-25-11-7-5-9-23(25)26/h4-15,19H,3,16-18H2,1-2H3/t19-/m0/s1. The van der Waals surface area contributed by atoms with Crippen LogP contribution in [0.5, 0.6) is 17.2 Å². The van der Waals surface area contributed by atoms with Gasteiger partial charge in [0.2, 0.25) is 0 Å². The SMILES string of the molecule is CCO[C@@H](C)Cc1ccc(OCCN2c3ccccc3Oc3ccccc32)cc1. The predicted octanol–water partition coefficient (Wildman–Crippen LogP) is 5.98. The summed E-state index contributed by atoms with van der Waals surface area (Å²) in [5, 5.41) is 0. The van der Waals surface area contributed by atoms with Crippen molar-refractivity contribution in [3.63, 3.8) is 0 Å². The van der Waals surface area contributed by atoms with E-state index in [1.807, 2.05) is 55.5 Å². The minimum atomic E-state index is 0.230. The highest BCUT2D eigenvalue weighted by molar-refractivity contribution is 5.77. The number of rotatable bonds is 8. The summed E-state index contributed by atoms with van der Waals surface area (Å²) in [4.78, 5) is 2.26. The van der Waals surface area contributed by atoms with Crippen LogP contribution in [0, 0.1) is 0 Å². The molecule has 0 radical (unpaired) electrons. The van der Waals surface area contributed by atoms with Crippen LogP contribution in [0.15, 0.2) is 72.8 Å². The molecule has 3 aromatic rings. The largest absolute Gasteiger partial charge is 0.492 e. The Kier molecular flexibility index (Phi) is 6.01. The van der Waals surface area contributed by atoms with E-state index >= 15 is 0 Å². The van der Waals surface area contributed by atoms with E-state index in [0.29, 0.717) is 6.61 Å². The summed E-state index contributed by atoms with van der Waals surface area (Å²) >= 11 is 0. The monoisotopic (exact) mass is 389 g/mol. The zero-order valence-corrected chi connectivity index (χ0v) is 17.0. The van der Waals surface area contributed by atoms with Crippen LogP contribution in [0.25, 0.3) is 0 Å². The van der Waals surface area contributed by atoms with Gasteiger partial charge in [0.05, 0.1) is 24.0 Å². The molecule has 29 heavy (non-hydrogen) atoms. The molecule has 0 saturated carbocycles. The lowest BCUT2D eigenvalue weighted by atomic mass is 10.1. The van der Waals surface area contributed by atoms with Crippen LogP contribution < -0.4 is 14.4 Å². The van der Waals surface area contributed by atoms with E-state index in [0.717, 1.165) is 48.2 Å². The Morgan fingerprint density at radius 2 is 1.48 bits per heavy atom. The van der Waals surface area contributed by atoms with Gasteiger partial charge >= 0.3 is 0 Å². The molecule has 0 fully saturated rings. The second-order valence-electron chi connectivity index (χ2n) is 7.15. The first kappa shape index (κ1) is 19.3. The molecule has 0 bridgehead atoms. The molecule has 1 aliphatic heterocycles. The lowest BCUT2D eigenvalue weighted by molar-refractivity contribution is 0.0768. The molecule has 0 amide bonds. The van der Waals surface area contributed by atoms with Crippen LogP contribution >= 0.6 is 0 Å². The topological polar surface area (TPSA) is 30.9 Å². The summed E-state index contributed by atoms with van der Waals surface area (Å²) in [6, 6.07) is 24.5. The van der Waals surface area contributed by atoms with Gasteiger partial charge in [0.15, 0.2) is 11.5 Å². The Bertz CT molecular complexity index is 893. The Balaban J connectivity index is 1.40. The molecule has 0 saturated heterocycles. The molecule has 0 aromatic heterocycles. The Morgan fingerprint density at radius 3 is 2.10 bits per heavy atom. The fourth-order valence-electron chi connectivity index (χ4n) is 3.67. The number of fused-ring (bicyclic) bond motifs is 2. The molecule has 3 aromatic carbocycles. The van der Waals surface area contributed by atoms with Crippen molar-refractivity contribution in [1.29, 1.82) is 0 Å². The van der Waals surface area contributed by atoms with Crippen LogP contribution in [-0.2, 0) is 11.2 Å². The zero-order valence-electron chi connectivity index (χ0n) is 17.0. The Hall–Kier alpha value is -2.98. The average Bonchev–Trinajstić information content (AvgIpc) is 2.74. The van der Waals surface area contributed by atoms with E-state index in [1.54, 1.807) is 0 Å². The second-order valence-corrected chi connectivity index (χ2v) is 7.15. The highest BCUT2D eigenvalue weighted by Gasteiger charge is 2.23. The van der Waals surface area contributed by atoms with Crippen LogP contribution in [0.4, 0.5) is 11.4 Å². The van der Waals surface area contributed by atoms with Gasteiger partial charge in [-0.2, -0.15) is 0 Å². The summed E-state index contributed by atoms with van der Waals surface area (Å²) < 4.78 is 17.7. The van der Waals surface area contributed by atoms with E-state index in [9.17, 15) is 0 Å². The van der Waals surface area contributed by atoms with Crippen molar-refractivity contribution in [3.05, 3.63) is 78.4 Å². The molecule has 150 valence electrons. The number of hydrogen-bond acceptors (Lipinski definition) is 4. The number of hydrogen-bond donors (Lipinski definition) is 0. The van der Waals surface area contributed by atoms with Gasteiger partial charge in [-0.25, -0.2) is 0 Å². The number of benzene rings is 3. The molecule has 0 unspecified atom stereocenters. The van der Waals surface area contributed by atoms with Crippen molar-refractivity contribution in [3.8, 4) is 17.2 Å². The number of para-hydroxylation sites is 4. The highest BCUT2D eigenvalue weighted by Crippen LogP contribution is 2.45. The van der Waals surface area contributed by atoms with E-state index in [2.05, 4.69) is 36.1 Å². The third-order valence-electron chi connectivity index (χ3n) is 5.01. The first-order valence-corrected chi connectivity index (χ1v) is 10.2. The number of anilines is 2. The summed E-state index contributed by atoms with van der Waals surface area (Å²) in [6.07, 6.45) is 1.14. The molecular weight excluding hydrogens is 362 g/mol. The highest BCUT2D eigenvalue weighted by atomic mass is 16.5. The van der Waals surface area contributed by atoms with Crippen molar-refractivity contribution in [1.82, 2.24) is 0 Å². The van der Waals surface area contributed by atoms with Crippen LogP contribution in [0.2, 0.25) is 0 Å². The van der Waals surface area contributed by atoms with Gasteiger partial charge in [0, 0.05) is 6.61 Å². The lowest BCUT2D eigenvalue weighted by Gasteiger charge is -2.32. The summed E-state index contributed by atoms with van der Waals surface area (Å²) in [5.74, 6) is 2.63. The van der Waals surface area contributed by atoms with Crippen LogP contribution in [-0.4, -0.2) is 25.9 Å². The van der Waals surface area contributed by atoms with E-state index in [4.69, 9.17) is 14.2 Å². The molecule has 0 aliphatic carbocycles. The smallest absolute Gasteiger partial charge is 0.151 e. The maximum absolute atomic E-state index is 6.04. The average molecular weight is 389 g/mol. The van der Waals surface area contributed by atoms with Crippen molar-refractivity contribution in [2.45, 2.75) is 26.4 Å². The Morgan fingerprint density at radius 1 is 0.862 bits per heavy atom. The summed E-state index contributed by atoms with van der Waals surface area (Å²) in [5.41, 5.74) is 3.39.